The Morgan fingerprint density at radius 2 is 2.12 bits per heavy atom. The van der Waals surface area contributed by atoms with E-state index in [-0.39, 0.29) is 5.97 Å². The second-order valence-corrected chi connectivity index (χ2v) is 5.35. The molecule has 4 nitrogen and oxygen atoms in total. The van der Waals surface area contributed by atoms with Crippen molar-refractivity contribution in [1.29, 1.82) is 0 Å². The van der Waals surface area contributed by atoms with Crippen molar-refractivity contribution in [3.63, 3.8) is 0 Å². The first kappa shape index (κ1) is 14.2. The van der Waals surface area contributed by atoms with Crippen LogP contribution in [0.3, 0.4) is 0 Å². The number of thiophene rings is 1. The lowest BCUT2D eigenvalue weighted by Gasteiger charge is -2.09. The van der Waals surface area contributed by atoms with Gasteiger partial charge >= 0.3 is 5.97 Å². The van der Waals surface area contributed by atoms with E-state index in [2.05, 4.69) is 35.1 Å². The molecule has 1 aromatic heterocycles. The van der Waals surface area contributed by atoms with Crippen LogP contribution in [0, 0.1) is 0 Å². The number of carbonyl (C=O) groups excluding carboxylic acids is 1. The third-order valence-electron chi connectivity index (χ3n) is 2.30. The van der Waals surface area contributed by atoms with Crippen LogP contribution < -0.4 is 5.32 Å². The Hall–Kier alpha value is -0.910. The van der Waals surface area contributed by atoms with Gasteiger partial charge in [-0.2, -0.15) is 0 Å². The molecule has 0 unspecified atom stereocenters. The highest BCUT2D eigenvalue weighted by atomic mass is 32.1. The van der Waals surface area contributed by atoms with Gasteiger partial charge in [-0.05, 0) is 26.2 Å². The highest BCUT2D eigenvalue weighted by Crippen LogP contribution is 2.17. The van der Waals surface area contributed by atoms with Crippen LogP contribution in [0.25, 0.3) is 0 Å². The molecule has 0 amide bonds. The van der Waals surface area contributed by atoms with Gasteiger partial charge in [0.1, 0.15) is 0 Å². The summed E-state index contributed by atoms with van der Waals surface area (Å²) in [6.45, 7) is 2.86. The molecule has 0 bridgehead atoms. The summed E-state index contributed by atoms with van der Waals surface area (Å²) in [7, 11) is 5.53. The summed E-state index contributed by atoms with van der Waals surface area (Å²) in [4.78, 5) is 15.5. The largest absolute Gasteiger partial charge is 0.469 e. The van der Waals surface area contributed by atoms with Crippen molar-refractivity contribution in [1.82, 2.24) is 10.2 Å². The fraction of sp³-hybridized carbons (Fsp3) is 0.583. The fourth-order valence-electron chi connectivity index (χ4n) is 1.34. The number of hydrogen-bond donors (Lipinski definition) is 1. The van der Waals surface area contributed by atoms with Crippen LogP contribution in [0.5, 0.6) is 0 Å². The van der Waals surface area contributed by atoms with E-state index in [1.54, 1.807) is 11.3 Å². The quantitative estimate of drug-likeness (QED) is 0.586. The summed E-state index contributed by atoms with van der Waals surface area (Å²) >= 11 is 1.66. The standard InChI is InChI=1S/C12H20N2O2S/c1-14(2)7-6-13-9-11-5-4-10(17-11)8-12(15)16-3/h4-5,13H,6-9H2,1-3H3. The predicted octanol–water partition coefficient (Wildman–Crippen LogP) is 1.11. The van der Waals surface area contributed by atoms with E-state index in [1.807, 2.05) is 6.07 Å². The van der Waals surface area contributed by atoms with Crippen LogP contribution in [-0.4, -0.2) is 45.2 Å². The van der Waals surface area contributed by atoms with Crippen LogP contribution >= 0.6 is 11.3 Å². The van der Waals surface area contributed by atoms with Crippen molar-refractivity contribution in [3.05, 3.63) is 21.9 Å². The first-order valence-electron chi connectivity index (χ1n) is 5.61. The molecule has 1 heterocycles. The lowest BCUT2D eigenvalue weighted by atomic mass is 10.3. The molecule has 1 aromatic rings. The monoisotopic (exact) mass is 256 g/mol. The van der Waals surface area contributed by atoms with Crippen LogP contribution in [-0.2, 0) is 22.5 Å². The van der Waals surface area contributed by atoms with Crippen LogP contribution in [0.4, 0.5) is 0 Å². The molecule has 0 atom stereocenters. The maximum atomic E-state index is 11.1. The highest BCUT2D eigenvalue weighted by Gasteiger charge is 2.05. The zero-order chi connectivity index (χ0) is 12.7. The molecule has 17 heavy (non-hydrogen) atoms. The lowest BCUT2D eigenvalue weighted by Crippen LogP contribution is -2.25. The van der Waals surface area contributed by atoms with Gasteiger partial charge in [-0.1, -0.05) is 0 Å². The summed E-state index contributed by atoms with van der Waals surface area (Å²) in [5.74, 6) is -0.182. The smallest absolute Gasteiger partial charge is 0.310 e. The molecule has 0 aliphatic heterocycles. The fourth-order valence-corrected chi connectivity index (χ4v) is 2.31. The van der Waals surface area contributed by atoms with Gasteiger partial charge in [-0.25, -0.2) is 0 Å². The molecule has 5 heteroatoms. The molecule has 0 aromatic carbocycles. The lowest BCUT2D eigenvalue weighted by molar-refractivity contribution is -0.139. The van der Waals surface area contributed by atoms with Gasteiger partial charge in [0.05, 0.1) is 13.5 Å². The molecule has 1 N–H and O–H groups in total. The molecule has 0 aliphatic rings. The topological polar surface area (TPSA) is 41.6 Å². The van der Waals surface area contributed by atoms with E-state index in [9.17, 15) is 4.79 Å². The van der Waals surface area contributed by atoms with Crippen LogP contribution in [0.1, 0.15) is 9.75 Å². The van der Waals surface area contributed by atoms with Crippen molar-refractivity contribution >= 4 is 17.3 Å². The molecular weight excluding hydrogens is 236 g/mol. The summed E-state index contributed by atoms with van der Waals surface area (Å²) in [6.07, 6.45) is 0.374. The minimum Gasteiger partial charge on any atom is -0.469 e. The Morgan fingerprint density at radius 3 is 2.76 bits per heavy atom. The summed E-state index contributed by atoms with van der Waals surface area (Å²) < 4.78 is 4.63. The minimum absolute atomic E-state index is 0.182. The van der Waals surface area contributed by atoms with Crippen LogP contribution in [0.2, 0.25) is 0 Å². The first-order chi connectivity index (χ1) is 8.11. The van der Waals surface area contributed by atoms with E-state index >= 15 is 0 Å². The first-order valence-corrected chi connectivity index (χ1v) is 6.43. The third kappa shape index (κ3) is 5.81. The number of carbonyl (C=O) groups is 1. The Balaban J connectivity index is 2.28. The number of methoxy groups -OCH3 is 1. The van der Waals surface area contributed by atoms with E-state index in [1.165, 1.54) is 12.0 Å². The van der Waals surface area contributed by atoms with E-state index in [0.29, 0.717) is 6.42 Å². The molecule has 0 radical (unpaired) electrons. The van der Waals surface area contributed by atoms with Gasteiger partial charge in [-0.3, -0.25) is 4.79 Å². The van der Waals surface area contributed by atoms with Crippen molar-refractivity contribution < 1.29 is 9.53 Å². The zero-order valence-electron chi connectivity index (χ0n) is 10.7. The SMILES string of the molecule is COC(=O)Cc1ccc(CNCCN(C)C)s1. The summed E-state index contributed by atoms with van der Waals surface area (Å²) in [6, 6.07) is 4.05. The molecule has 0 fully saturated rings. The molecule has 0 saturated heterocycles. The number of rotatable bonds is 7. The second-order valence-electron chi connectivity index (χ2n) is 4.10. The van der Waals surface area contributed by atoms with Gasteiger partial charge in [-0.15, -0.1) is 11.3 Å². The van der Waals surface area contributed by atoms with Gasteiger partial charge < -0.3 is 15.0 Å². The summed E-state index contributed by atoms with van der Waals surface area (Å²) in [5, 5.41) is 3.37. The van der Waals surface area contributed by atoms with Crippen LogP contribution in [0.15, 0.2) is 12.1 Å². The summed E-state index contributed by atoms with van der Waals surface area (Å²) in [5.41, 5.74) is 0. The van der Waals surface area contributed by atoms with Crippen molar-refractivity contribution in [3.8, 4) is 0 Å². The van der Waals surface area contributed by atoms with E-state index in [0.717, 1.165) is 24.5 Å². The number of nitrogens with zero attached hydrogens (tertiary/aromatic N) is 1. The van der Waals surface area contributed by atoms with Crippen molar-refractivity contribution in [2.75, 3.05) is 34.3 Å². The van der Waals surface area contributed by atoms with Crippen molar-refractivity contribution in [2.45, 2.75) is 13.0 Å². The highest BCUT2D eigenvalue weighted by molar-refractivity contribution is 7.12. The van der Waals surface area contributed by atoms with Crippen molar-refractivity contribution in [2.24, 2.45) is 0 Å². The Bertz CT molecular complexity index is 350. The number of esters is 1. The average molecular weight is 256 g/mol. The Labute approximate surface area is 107 Å². The Morgan fingerprint density at radius 1 is 1.41 bits per heavy atom. The maximum absolute atomic E-state index is 11.1. The minimum atomic E-state index is -0.182. The number of nitrogens with one attached hydrogen (secondary N) is 1. The number of hydrogen-bond acceptors (Lipinski definition) is 5. The molecular formula is C12H20N2O2S. The predicted molar refractivity (Wildman–Crippen MR) is 70.3 cm³/mol. The van der Waals surface area contributed by atoms with E-state index in [4.69, 9.17) is 0 Å². The molecule has 1 rings (SSSR count). The normalized spacial score (nSPS) is 10.8. The van der Waals surface area contributed by atoms with Gasteiger partial charge in [0.25, 0.3) is 0 Å². The van der Waals surface area contributed by atoms with Gasteiger partial charge in [0.15, 0.2) is 0 Å². The van der Waals surface area contributed by atoms with Gasteiger partial charge in [0.2, 0.25) is 0 Å². The molecule has 0 saturated carbocycles. The second kappa shape index (κ2) is 7.42. The molecule has 0 spiro atoms. The van der Waals surface area contributed by atoms with Gasteiger partial charge in [0, 0.05) is 29.4 Å². The number of ether oxygens (including phenoxy) is 1. The molecule has 96 valence electrons. The molecule has 0 aliphatic carbocycles. The zero-order valence-corrected chi connectivity index (χ0v) is 11.5. The van der Waals surface area contributed by atoms with E-state index < -0.39 is 0 Å². The Kier molecular flexibility index (Phi) is 6.18. The maximum Gasteiger partial charge on any atom is 0.310 e. The number of likely N-dealkylation sites (N-methyl/N-ethyl adjacent to an activating group) is 1. The average Bonchev–Trinajstić information content (AvgIpc) is 2.72. The third-order valence-corrected chi connectivity index (χ3v) is 3.38.